The summed E-state index contributed by atoms with van der Waals surface area (Å²) < 4.78 is 6.17. The van der Waals surface area contributed by atoms with Crippen LogP contribution < -0.4 is 4.90 Å². The van der Waals surface area contributed by atoms with E-state index in [1.807, 2.05) is 29.2 Å². The monoisotopic (exact) mass is 478 g/mol. The molecule has 3 fully saturated rings. The molecule has 1 aromatic rings. The first-order chi connectivity index (χ1) is 14.5. The molecule has 0 N–H and O–H groups in total. The third-order valence-corrected chi connectivity index (χ3v) is 6.69. The molecule has 0 radical (unpaired) electrons. The minimum absolute atomic E-state index is 0.0122. The lowest BCUT2D eigenvalue weighted by molar-refractivity contribution is -0.142. The number of hydrogen-bond acceptors (Lipinski definition) is 5. The third kappa shape index (κ3) is 4.68. The molecule has 0 spiro atoms. The van der Waals surface area contributed by atoms with Gasteiger partial charge >= 0.3 is 0 Å². The zero-order valence-corrected chi connectivity index (χ0v) is 18.6. The molecule has 0 aliphatic carbocycles. The van der Waals surface area contributed by atoms with Gasteiger partial charge in [-0.2, -0.15) is 0 Å². The zero-order valence-electron chi connectivity index (χ0n) is 17.0. The third-order valence-electron chi connectivity index (χ3n) is 6.02. The van der Waals surface area contributed by atoms with Gasteiger partial charge in [0.25, 0.3) is 0 Å². The summed E-state index contributed by atoms with van der Waals surface area (Å²) in [5.74, 6) is -0.238. The Kier molecular flexibility index (Phi) is 6.70. The average molecular weight is 479 g/mol. The van der Waals surface area contributed by atoms with Gasteiger partial charge in [0.2, 0.25) is 17.7 Å². The number of ether oxygens (including phenoxy) is 1. The van der Waals surface area contributed by atoms with Crippen molar-refractivity contribution in [1.82, 2.24) is 14.7 Å². The second-order valence-electron chi connectivity index (χ2n) is 7.95. The van der Waals surface area contributed by atoms with E-state index in [0.717, 1.165) is 23.2 Å². The van der Waals surface area contributed by atoms with Gasteiger partial charge in [-0.1, -0.05) is 12.1 Å². The summed E-state index contributed by atoms with van der Waals surface area (Å²) in [6.45, 7) is 5.86. The molecule has 1 aromatic carbocycles. The van der Waals surface area contributed by atoms with Gasteiger partial charge in [0.1, 0.15) is 0 Å². The average Bonchev–Trinajstić information content (AvgIpc) is 3.15. The topological polar surface area (TPSA) is 73.4 Å². The van der Waals surface area contributed by atoms with Crippen molar-refractivity contribution >= 4 is 39.3 Å². The second kappa shape index (κ2) is 9.45. The SMILES string of the molecule is O=C(CN1CCOCC1)N1CCN(C(=O)C2CC(=O)N(c3ccccc3Br)C2)CC1. The number of morpholine rings is 1. The summed E-state index contributed by atoms with van der Waals surface area (Å²) in [5.41, 5.74) is 0.802. The predicted octanol–water partition coefficient (Wildman–Crippen LogP) is 0.805. The van der Waals surface area contributed by atoms with Gasteiger partial charge in [0, 0.05) is 56.7 Å². The fraction of sp³-hybridized carbons (Fsp3) is 0.571. The second-order valence-corrected chi connectivity index (χ2v) is 8.81. The number of carbonyl (C=O) groups excluding carboxylic acids is 3. The Hall–Kier alpha value is -1.97. The van der Waals surface area contributed by atoms with Gasteiger partial charge < -0.3 is 19.4 Å². The maximum Gasteiger partial charge on any atom is 0.236 e. The van der Waals surface area contributed by atoms with Crippen molar-refractivity contribution < 1.29 is 19.1 Å². The van der Waals surface area contributed by atoms with Gasteiger partial charge in [-0.15, -0.1) is 0 Å². The summed E-state index contributed by atoms with van der Waals surface area (Å²) in [6, 6.07) is 7.56. The Labute approximate surface area is 184 Å². The molecule has 0 saturated carbocycles. The Morgan fingerprint density at radius 1 is 1.00 bits per heavy atom. The summed E-state index contributed by atoms with van der Waals surface area (Å²) in [6.07, 6.45) is 0.232. The van der Waals surface area contributed by atoms with E-state index in [2.05, 4.69) is 20.8 Å². The van der Waals surface area contributed by atoms with Crippen LogP contribution in [0.4, 0.5) is 5.69 Å². The van der Waals surface area contributed by atoms with Crippen molar-refractivity contribution in [1.29, 1.82) is 0 Å². The summed E-state index contributed by atoms with van der Waals surface area (Å²) in [7, 11) is 0. The van der Waals surface area contributed by atoms with Crippen molar-refractivity contribution in [2.24, 2.45) is 5.92 Å². The first-order valence-corrected chi connectivity index (χ1v) is 11.2. The molecule has 30 heavy (non-hydrogen) atoms. The van der Waals surface area contributed by atoms with Crippen LogP contribution >= 0.6 is 15.9 Å². The van der Waals surface area contributed by atoms with E-state index >= 15 is 0 Å². The Balaban J connectivity index is 1.29. The number of halogens is 1. The van der Waals surface area contributed by atoms with Crippen LogP contribution in [0.25, 0.3) is 0 Å². The van der Waals surface area contributed by atoms with Gasteiger partial charge in [-0.3, -0.25) is 19.3 Å². The molecule has 8 nitrogen and oxygen atoms in total. The normalized spacial score (nSPS) is 23.2. The maximum atomic E-state index is 13.0. The number of rotatable bonds is 4. The fourth-order valence-electron chi connectivity index (χ4n) is 4.26. The van der Waals surface area contributed by atoms with E-state index in [0.29, 0.717) is 52.5 Å². The molecule has 162 valence electrons. The smallest absolute Gasteiger partial charge is 0.236 e. The van der Waals surface area contributed by atoms with E-state index in [1.54, 1.807) is 9.80 Å². The molecular weight excluding hydrogens is 452 g/mol. The number of nitrogens with zero attached hydrogens (tertiary/aromatic N) is 4. The van der Waals surface area contributed by atoms with Crippen LogP contribution in [0, 0.1) is 5.92 Å². The van der Waals surface area contributed by atoms with Crippen molar-refractivity contribution in [3.8, 4) is 0 Å². The van der Waals surface area contributed by atoms with Crippen LogP contribution in [0.1, 0.15) is 6.42 Å². The van der Waals surface area contributed by atoms with E-state index < -0.39 is 0 Å². The lowest BCUT2D eigenvalue weighted by Crippen LogP contribution is -2.54. The van der Waals surface area contributed by atoms with Crippen molar-refractivity contribution in [2.45, 2.75) is 6.42 Å². The standard InChI is InChI=1S/C21H27BrN4O4/c22-17-3-1-2-4-18(17)26-14-16(13-19(26)27)21(29)25-7-5-24(6-8-25)20(28)15-23-9-11-30-12-10-23/h1-4,16H,5-15H2. The Morgan fingerprint density at radius 3 is 2.37 bits per heavy atom. The number of amides is 3. The van der Waals surface area contributed by atoms with Gasteiger partial charge in [-0.05, 0) is 28.1 Å². The lowest BCUT2D eigenvalue weighted by Gasteiger charge is -2.37. The number of piperazine rings is 1. The Morgan fingerprint density at radius 2 is 1.67 bits per heavy atom. The highest BCUT2D eigenvalue weighted by Crippen LogP contribution is 2.32. The number of anilines is 1. The predicted molar refractivity (Wildman–Crippen MR) is 115 cm³/mol. The molecule has 0 aromatic heterocycles. The van der Waals surface area contributed by atoms with Gasteiger partial charge in [0.15, 0.2) is 0 Å². The number of carbonyl (C=O) groups is 3. The fourth-order valence-corrected chi connectivity index (χ4v) is 4.76. The molecule has 9 heteroatoms. The highest BCUT2D eigenvalue weighted by molar-refractivity contribution is 9.10. The zero-order chi connectivity index (χ0) is 21.1. The minimum Gasteiger partial charge on any atom is -0.379 e. The summed E-state index contributed by atoms with van der Waals surface area (Å²) in [5, 5.41) is 0. The number of para-hydroxylation sites is 1. The highest BCUT2D eigenvalue weighted by Gasteiger charge is 2.38. The molecule has 3 aliphatic rings. The molecule has 4 rings (SSSR count). The molecule has 3 aliphatic heterocycles. The quantitative estimate of drug-likeness (QED) is 0.639. The van der Waals surface area contributed by atoms with Crippen LogP contribution in [0.15, 0.2) is 28.7 Å². The van der Waals surface area contributed by atoms with Gasteiger partial charge in [0.05, 0.1) is 31.4 Å². The van der Waals surface area contributed by atoms with Gasteiger partial charge in [-0.25, -0.2) is 0 Å². The minimum atomic E-state index is -0.333. The Bertz CT molecular complexity index is 806. The summed E-state index contributed by atoms with van der Waals surface area (Å²) >= 11 is 3.49. The van der Waals surface area contributed by atoms with E-state index in [1.165, 1.54) is 0 Å². The van der Waals surface area contributed by atoms with Crippen LogP contribution in [0.5, 0.6) is 0 Å². The molecular formula is C21H27BrN4O4. The van der Waals surface area contributed by atoms with Crippen LogP contribution in [0.2, 0.25) is 0 Å². The number of hydrogen-bond donors (Lipinski definition) is 0. The lowest BCUT2D eigenvalue weighted by atomic mass is 10.1. The highest BCUT2D eigenvalue weighted by atomic mass is 79.9. The largest absolute Gasteiger partial charge is 0.379 e. The first kappa shape index (κ1) is 21.3. The van der Waals surface area contributed by atoms with Crippen molar-refractivity contribution in [3.63, 3.8) is 0 Å². The van der Waals surface area contributed by atoms with E-state index in [4.69, 9.17) is 4.74 Å². The molecule has 3 amide bonds. The number of benzene rings is 1. The molecule has 1 atom stereocenters. The molecule has 1 unspecified atom stereocenters. The van der Waals surface area contributed by atoms with Crippen LogP contribution in [-0.4, -0.2) is 98.0 Å². The van der Waals surface area contributed by atoms with E-state index in [-0.39, 0.29) is 30.1 Å². The van der Waals surface area contributed by atoms with Crippen LogP contribution in [-0.2, 0) is 19.1 Å². The van der Waals surface area contributed by atoms with E-state index in [9.17, 15) is 14.4 Å². The molecule has 3 heterocycles. The van der Waals surface area contributed by atoms with Crippen molar-refractivity contribution in [3.05, 3.63) is 28.7 Å². The maximum absolute atomic E-state index is 13.0. The van der Waals surface area contributed by atoms with Crippen molar-refractivity contribution in [2.75, 3.05) is 70.5 Å². The first-order valence-electron chi connectivity index (χ1n) is 10.4. The molecule has 3 saturated heterocycles. The van der Waals surface area contributed by atoms with Crippen LogP contribution in [0.3, 0.4) is 0 Å². The molecule has 0 bridgehead atoms. The summed E-state index contributed by atoms with van der Waals surface area (Å²) in [4.78, 5) is 45.5.